The van der Waals surface area contributed by atoms with Crippen LogP contribution in [-0.4, -0.2) is 9.72 Å². The molecule has 0 unspecified atom stereocenters. The number of rotatable bonds is 4. The monoisotopic (exact) mass is 336 g/mol. The van der Waals surface area contributed by atoms with Crippen molar-refractivity contribution in [1.29, 1.82) is 0 Å². The molecule has 2 aliphatic rings. The Morgan fingerprint density at radius 1 is 1.39 bits per heavy atom. The van der Waals surface area contributed by atoms with E-state index in [1.807, 2.05) is 0 Å². The highest BCUT2D eigenvalue weighted by Gasteiger charge is 2.45. The van der Waals surface area contributed by atoms with Crippen molar-refractivity contribution in [2.24, 2.45) is 11.3 Å². The fourth-order valence-electron chi connectivity index (χ4n) is 4.31. The van der Waals surface area contributed by atoms with Crippen LogP contribution < -0.4 is 5.76 Å². The van der Waals surface area contributed by atoms with Crippen molar-refractivity contribution in [1.82, 2.24) is 9.72 Å². The van der Waals surface area contributed by atoms with Gasteiger partial charge in [-0.15, -0.1) is 0 Å². The summed E-state index contributed by atoms with van der Waals surface area (Å²) in [5.41, 5.74) is 0.540. The highest BCUT2D eigenvalue weighted by Crippen LogP contribution is 2.54. The Kier molecular flexibility index (Phi) is 3.56. The van der Waals surface area contributed by atoms with E-state index < -0.39 is 5.76 Å². The van der Waals surface area contributed by atoms with E-state index in [0.29, 0.717) is 23.0 Å². The Bertz CT molecular complexity index is 770. The zero-order chi connectivity index (χ0) is 16.0. The molecule has 122 valence electrons. The summed E-state index contributed by atoms with van der Waals surface area (Å²) in [6, 6.07) is 4.56. The summed E-state index contributed by atoms with van der Waals surface area (Å²) < 4.78 is 20.4. The molecule has 23 heavy (non-hydrogen) atoms. The van der Waals surface area contributed by atoms with Gasteiger partial charge in [-0.25, -0.2) is 9.18 Å². The molecule has 0 amide bonds. The van der Waals surface area contributed by atoms with E-state index in [1.165, 1.54) is 25.3 Å². The van der Waals surface area contributed by atoms with Crippen molar-refractivity contribution in [2.45, 2.75) is 45.1 Å². The number of benzene rings is 1. The SMILES string of the molecule is O=c1onc(Cc2c(F)cccc2Cl)n1CC12CCC(CC1)C2. The second-order valence-electron chi connectivity index (χ2n) is 6.98. The van der Waals surface area contributed by atoms with E-state index in [0.717, 1.165) is 18.8 Å². The lowest BCUT2D eigenvalue weighted by molar-refractivity contribution is 0.237. The van der Waals surface area contributed by atoms with Gasteiger partial charge in [-0.3, -0.25) is 9.09 Å². The van der Waals surface area contributed by atoms with Gasteiger partial charge in [0.25, 0.3) is 0 Å². The molecule has 6 heteroatoms. The normalized spacial score (nSPS) is 26.1. The smallest absolute Gasteiger partial charge is 0.296 e. The number of halogens is 2. The maximum absolute atomic E-state index is 14.0. The number of nitrogens with zero attached hydrogens (tertiary/aromatic N) is 2. The molecule has 1 aromatic heterocycles. The van der Waals surface area contributed by atoms with Gasteiger partial charge in [0.1, 0.15) is 5.82 Å². The molecular weight excluding hydrogens is 319 g/mol. The van der Waals surface area contributed by atoms with Crippen LogP contribution in [0.2, 0.25) is 5.02 Å². The molecule has 0 saturated heterocycles. The predicted molar refractivity (Wildman–Crippen MR) is 84.0 cm³/mol. The first-order chi connectivity index (χ1) is 11.1. The third-order valence-corrected chi connectivity index (χ3v) is 5.89. The minimum atomic E-state index is -0.461. The molecule has 2 fully saturated rings. The summed E-state index contributed by atoms with van der Waals surface area (Å²) >= 11 is 6.08. The van der Waals surface area contributed by atoms with Crippen LogP contribution >= 0.6 is 11.6 Å². The fraction of sp³-hybridized carbons (Fsp3) is 0.529. The molecule has 2 bridgehead atoms. The van der Waals surface area contributed by atoms with E-state index in [-0.39, 0.29) is 17.7 Å². The lowest BCUT2D eigenvalue weighted by Crippen LogP contribution is -2.29. The maximum atomic E-state index is 14.0. The summed E-state index contributed by atoms with van der Waals surface area (Å²) in [5, 5.41) is 4.20. The molecule has 4 nitrogen and oxygen atoms in total. The first kappa shape index (κ1) is 14.9. The van der Waals surface area contributed by atoms with Crippen molar-refractivity contribution in [3.8, 4) is 0 Å². The van der Waals surface area contributed by atoms with Crippen LogP contribution in [0.15, 0.2) is 27.5 Å². The second-order valence-corrected chi connectivity index (χ2v) is 7.38. The molecule has 2 saturated carbocycles. The van der Waals surface area contributed by atoms with Crippen LogP contribution in [0.5, 0.6) is 0 Å². The van der Waals surface area contributed by atoms with Crippen LogP contribution in [0, 0.1) is 17.2 Å². The van der Waals surface area contributed by atoms with Gasteiger partial charge in [0.05, 0.1) is 0 Å². The molecule has 0 N–H and O–H groups in total. The molecule has 0 spiro atoms. The Morgan fingerprint density at radius 2 is 2.17 bits per heavy atom. The first-order valence-electron chi connectivity index (χ1n) is 8.05. The quantitative estimate of drug-likeness (QED) is 0.853. The largest absolute Gasteiger partial charge is 0.441 e. The van der Waals surface area contributed by atoms with Gasteiger partial charge in [-0.2, -0.15) is 0 Å². The lowest BCUT2D eigenvalue weighted by Gasteiger charge is -2.26. The highest BCUT2D eigenvalue weighted by molar-refractivity contribution is 6.31. The van der Waals surface area contributed by atoms with E-state index in [4.69, 9.17) is 16.1 Å². The number of fused-ring (bicyclic) bond motifs is 2. The van der Waals surface area contributed by atoms with E-state index in [9.17, 15) is 9.18 Å². The van der Waals surface area contributed by atoms with Gasteiger partial charge in [0.2, 0.25) is 0 Å². The average Bonchev–Trinajstić information content (AvgIpc) is 3.21. The summed E-state index contributed by atoms with van der Waals surface area (Å²) in [5.74, 6) is 0.401. The topological polar surface area (TPSA) is 48.0 Å². The van der Waals surface area contributed by atoms with Gasteiger partial charge >= 0.3 is 5.76 Å². The van der Waals surface area contributed by atoms with Crippen molar-refractivity contribution >= 4 is 11.6 Å². The zero-order valence-electron chi connectivity index (χ0n) is 12.7. The van der Waals surface area contributed by atoms with Crippen molar-refractivity contribution in [2.75, 3.05) is 0 Å². The molecule has 1 heterocycles. The number of hydrogen-bond donors (Lipinski definition) is 0. The number of aromatic nitrogens is 2. The van der Waals surface area contributed by atoms with Gasteiger partial charge in [-0.1, -0.05) is 22.8 Å². The van der Waals surface area contributed by atoms with Crippen molar-refractivity contribution in [3.63, 3.8) is 0 Å². The lowest BCUT2D eigenvalue weighted by atomic mass is 9.84. The molecule has 2 aliphatic carbocycles. The molecule has 1 aromatic carbocycles. The minimum absolute atomic E-state index is 0.163. The van der Waals surface area contributed by atoms with Gasteiger partial charge in [0, 0.05) is 23.6 Å². The first-order valence-corrected chi connectivity index (χ1v) is 8.42. The Hall–Kier alpha value is -1.62. The van der Waals surface area contributed by atoms with Crippen molar-refractivity contribution < 1.29 is 8.91 Å². The molecule has 4 rings (SSSR count). The molecule has 0 atom stereocenters. The molecular formula is C17H18ClFN2O2. The van der Waals surface area contributed by atoms with Crippen LogP contribution in [0.4, 0.5) is 4.39 Å². The Morgan fingerprint density at radius 3 is 2.83 bits per heavy atom. The molecule has 0 aliphatic heterocycles. The third-order valence-electron chi connectivity index (χ3n) is 5.54. The van der Waals surface area contributed by atoms with E-state index in [2.05, 4.69) is 5.16 Å². The average molecular weight is 337 g/mol. The van der Waals surface area contributed by atoms with Crippen LogP contribution in [0.3, 0.4) is 0 Å². The summed E-state index contributed by atoms with van der Waals surface area (Å²) in [7, 11) is 0. The minimum Gasteiger partial charge on any atom is -0.296 e. The molecule has 2 aromatic rings. The Balaban J connectivity index is 1.65. The van der Waals surface area contributed by atoms with E-state index >= 15 is 0 Å². The van der Waals surface area contributed by atoms with Gasteiger partial charge < -0.3 is 0 Å². The number of hydrogen-bond acceptors (Lipinski definition) is 3. The standard InChI is InChI=1S/C17H18ClFN2O2/c18-13-2-1-3-14(19)12(13)8-15-20-23-16(22)21(15)10-17-6-4-11(9-17)5-7-17/h1-3,11H,4-10H2. The highest BCUT2D eigenvalue weighted by atomic mass is 35.5. The molecule has 0 radical (unpaired) electrons. The van der Waals surface area contributed by atoms with Gasteiger partial charge in [0.15, 0.2) is 5.82 Å². The summed E-state index contributed by atoms with van der Waals surface area (Å²) in [6.07, 6.45) is 6.12. The zero-order valence-corrected chi connectivity index (χ0v) is 13.5. The van der Waals surface area contributed by atoms with Crippen LogP contribution in [-0.2, 0) is 13.0 Å². The Labute approximate surface area is 138 Å². The second kappa shape index (κ2) is 5.48. The fourth-order valence-corrected chi connectivity index (χ4v) is 4.54. The summed E-state index contributed by atoms with van der Waals surface area (Å²) in [6.45, 7) is 0.618. The van der Waals surface area contributed by atoms with E-state index in [1.54, 1.807) is 16.7 Å². The van der Waals surface area contributed by atoms with Crippen molar-refractivity contribution in [3.05, 3.63) is 51.0 Å². The van der Waals surface area contributed by atoms with Crippen LogP contribution in [0.25, 0.3) is 0 Å². The van der Waals surface area contributed by atoms with Crippen LogP contribution in [0.1, 0.15) is 43.5 Å². The summed E-state index contributed by atoms with van der Waals surface area (Å²) in [4.78, 5) is 12.1. The third kappa shape index (κ3) is 2.61. The predicted octanol–water partition coefficient (Wildman–Crippen LogP) is 3.80. The van der Waals surface area contributed by atoms with Gasteiger partial charge in [-0.05, 0) is 55.6 Å². The maximum Gasteiger partial charge on any atom is 0.441 e.